The maximum Gasteiger partial charge on any atom is 0.217 e. The number of halogens is 1. The molecule has 0 spiro atoms. The molecule has 3 unspecified atom stereocenters. The Morgan fingerprint density at radius 3 is 2.59 bits per heavy atom. The summed E-state index contributed by atoms with van der Waals surface area (Å²) in [6.45, 7) is 6.64. The van der Waals surface area contributed by atoms with Crippen molar-refractivity contribution in [3.05, 3.63) is 23.8 Å². The van der Waals surface area contributed by atoms with E-state index in [-0.39, 0.29) is 34.9 Å². The average molecular weight is 582 g/mol. The van der Waals surface area contributed by atoms with Crippen molar-refractivity contribution in [2.24, 2.45) is 28.6 Å². The number of carbonyl (C=O) groups excluding carboxylic acids is 4. The molecule has 0 radical (unpaired) electrons. The van der Waals surface area contributed by atoms with Crippen molar-refractivity contribution in [3.63, 3.8) is 0 Å². The number of amides is 1. The Bertz CT molecular complexity index is 1130. The van der Waals surface area contributed by atoms with Crippen molar-refractivity contribution in [1.29, 1.82) is 0 Å². The standard InChI is InChI=1S/C29H40FNO6S2/c1-16-12-21-20-7-6-18-13-19(33)8-10-26(18,3)28(20,30)23(34)14-27(21,4)29(16,37)24(35)15-39-25(36)22(9-11-38-5)31-17(2)32/h8,10,13,16,20-23,34,37H,6-7,9,11-12,14-15H2,1-5H3,(H,31,32)/t16-,20-,21-,22?,23?,26-,27-,28?,29-/m0/s1. The lowest BCUT2D eigenvalue weighted by atomic mass is 9.44. The van der Waals surface area contributed by atoms with Crippen LogP contribution in [-0.2, 0) is 19.2 Å². The summed E-state index contributed by atoms with van der Waals surface area (Å²) in [6, 6.07) is -0.726. The van der Waals surface area contributed by atoms with Gasteiger partial charge in [-0.25, -0.2) is 4.39 Å². The molecule has 7 nitrogen and oxygen atoms in total. The van der Waals surface area contributed by atoms with Gasteiger partial charge in [-0.2, -0.15) is 11.8 Å². The number of rotatable bonds is 8. The maximum absolute atomic E-state index is 17.3. The van der Waals surface area contributed by atoms with Gasteiger partial charge in [-0.15, -0.1) is 0 Å². The highest BCUT2D eigenvalue weighted by atomic mass is 32.2. The van der Waals surface area contributed by atoms with Crippen LogP contribution in [0.25, 0.3) is 0 Å². The Morgan fingerprint density at radius 1 is 1.26 bits per heavy atom. The molecular formula is C29H40FNO6S2. The molecule has 4 aliphatic rings. The van der Waals surface area contributed by atoms with Crippen molar-refractivity contribution in [2.75, 3.05) is 17.8 Å². The van der Waals surface area contributed by atoms with E-state index in [0.717, 1.165) is 11.8 Å². The summed E-state index contributed by atoms with van der Waals surface area (Å²) >= 11 is 2.34. The molecule has 9 atom stereocenters. The molecule has 216 valence electrons. The summed E-state index contributed by atoms with van der Waals surface area (Å²) in [5.74, 6) is -2.11. The fourth-order valence-electron chi connectivity index (χ4n) is 8.22. The largest absolute Gasteiger partial charge is 0.390 e. The molecule has 3 fully saturated rings. The van der Waals surface area contributed by atoms with Gasteiger partial charge in [0.2, 0.25) is 11.0 Å². The fraction of sp³-hybridized carbons (Fsp3) is 0.724. The summed E-state index contributed by atoms with van der Waals surface area (Å²) in [5.41, 5.74) is -5.44. The molecule has 4 rings (SSSR count). The zero-order valence-electron chi connectivity index (χ0n) is 23.3. The van der Waals surface area contributed by atoms with E-state index in [1.807, 2.05) is 6.26 Å². The number of fused-ring (bicyclic) bond motifs is 5. The fourth-order valence-corrected chi connectivity index (χ4v) is 9.56. The number of thioether (sulfide) groups is 2. The van der Waals surface area contributed by atoms with E-state index in [2.05, 4.69) is 5.32 Å². The van der Waals surface area contributed by atoms with E-state index >= 15 is 4.39 Å². The van der Waals surface area contributed by atoms with Crippen LogP contribution >= 0.6 is 23.5 Å². The Hall–Kier alpha value is -1.49. The van der Waals surface area contributed by atoms with Gasteiger partial charge in [-0.1, -0.05) is 37.3 Å². The van der Waals surface area contributed by atoms with Crippen LogP contribution in [0.4, 0.5) is 4.39 Å². The van der Waals surface area contributed by atoms with Crippen LogP contribution in [0, 0.1) is 28.6 Å². The highest BCUT2D eigenvalue weighted by Gasteiger charge is 2.75. The Labute approximate surface area is 238 Å². The van der Waals surface area contributed by atoms with Crippen LogP contribution in [0.5, 0.6) is 0 Å². The summed E-state index contributed by atoms with van der Waals surface area (Å²) in [6.07, 6.45) is 6.55. The number of ketones is 2. The summed E-state index contributed by atoms with van der Waals surface area (Å²) in [4.78, 5) is 50.3. The van der Waals surface area contributed by atoms with Crippen LogP contribution in [0.2, 0.25) is 0 Å². The molecule has 3 N–H and O–H groups in total. The molecule has 0 aliphatic heterocycles. The number of aliphatic hydroxyl groups is 2. The van der Waals surface area contributed by atoms with Gasteiger partial charge in [0.25, 0.3) is 0 Å². The molecule has 10 heteroatoms. The smallest absolute Gasteiger partial charge is 0.217 e. The van der Waals surface area contributed by atoms with Crippen molar-refractivity contribution in [2.45, 2.75) is 83.2 Å². The number of carbonyl (C=O) groups is 4. The number of hydrogen-bond acceptors (Lipinski definition) is 8. The first kappa shape index (κ1) is 30.5. The first-order valence-electron chi connectivity index (χ1n) is 13.7. The van der Waals surface area contributed by atoms with E-state index in [4.69, 9.17) is 0 Å². The molecule has 0 heterocycles. The molecule has 3 saturated carbocycles. The molecule has 0 bridgehead atoms. The van der Waals surface area contributed by atoms with Crippen LogP contribution in [-0.4, -0.2) is 74.0 Å². The van der Waals surface area contributed by atoms with Gasteiger partial charge in [0.15, 0.2) is 17.2 Å². The molecule has 0 aromatic carbocycles. The number of alkyl halides is 1. The monoisotopic (exact) mass is 581 g/mol. The Balaban J connectivity index is 1.58. The molecule has 39 heavy (non-hydrogen) atoms. The molecular weight excluding hydrogens is 541 g/mol. The number of Topliss-reactive ketones (excluding diaryl/α,β-unsaturated/α-hetero) is 1. The quantitative estimate of drug-likeness (QED) is 0.399. The van der Waals surface area contributed by atoms with Crippen LogP contribution in [0.1, 0.15) is 59.8 Å². The zero-order chi connectivity index (χ0) is 29.0. The lowest BCUT2D eigenvalue weighted by Crippen LogP contribution is -2.69. The average Bonchev–Trinajstić information content (AvgIpc) is 3.07. The van der Waals surface area contributed by atoms with Crippen molar-refractivity contribution < 1.29 is 33.8 Å². The van der Waals surface area contributed by atoms with Gasteiger partial charge in [-0.05, 0) is 75.0 Å². The third-order valence-corrected chi connectivity index (χ3v) is 11.9. The van der Waals surface area contributed by atoms with Crippen molar-refractivity contribution in [1.82, 2.24) is 5.32 Å². The number of hydrogen-bond donors (Lipinski definition) is 3. The molecule has 0 saturated heterocycles. The highest BCUT2D eigenvalue weighted by molar-refractivity contribution is 8.14. The minimum atomic E-state index is -2.04. The predicted octanol–water partition coefficient (Wildman–Crippen LogP) is 3.42. The summed E-state index contributed by atoms with van der Waals surface area (Å²) in [7, 11) is 0. The second-order valence-corrected chi connectivity index (χ2v) is 14.2. The van der Waals surface area contributed by atoms with Crippen LogP contribution < -0.4 is 5.32 Å². The second kappa shape index (κ2) is 10.7. The van der Waals surface area contributed by atoms with Crippen molar-refractivity contribution >= 4 is 46.1 Å². The highest BCUT2D eigenvalue weighted by Crippen LogP contribution is 2.70. The Morgan fingerprint density at radius 2 is 1.95 bits per heavy atom. The van der Waals surface area contributed by atoms with E-state index < -0.39 is 51.9 Å². The third kappa shape index (κ3) is 4.57. The van der Waals surface area contributed by atoms with E-state index in [1.54, 1.807) is 38.6 Å². The molecule has 4 aliphatic carbocycles. The number of nitrogens with one attached hydrogen (secondary N) is 1. The SMILES string of the molecule is CSCCC(NC(C)=O)C(=O)SCC(=O)[C@@]1(O)[C@@H](C)C[C@H]2[C@@H]3CCC4=CC(=O)C=C[C@]4(C)C3(F)C(O)C[C@@]21C. The first-order valence-corrected chi connectivity index (χ1v) is 16.0. The summed E-state index contributed by atoms with van der Waals surface area (Å²) in [5, 5.41) is 25.9. The number of aliphatic hydroxyl groups excluding tert-OH is 1. The number of allylic oxidation sites excluding steroid dienone is 4. The van der Waals surface area contributed by atoms with Crippen LogP contribution in [0.3, 0.4) is 0 Å². The zero-order valence-corrected chi connectivity index (χ0v) is 24.9. The van der Waals surface area contributed by atoms with Gasteiger partial charge in [0.1, 0.15) is 5.60 Å². The predicted molar refractivity (Wildman–Crippen MR) is 151 cm³/mol. The molecule has 1 amide bonds. The van der Waals surface area contributed by atoms with Gasteiger partial charge in [0, 0.05) is 23.7 Å². The van der Waals surface area contributed by atoms with E-state index in [9.17, 15) is 29.4 Å². The van der Waals surface area contributed by atoms with Crippen molar-refractivity contribution in [3.8, 4) is 0 Å². The topological polar surface area (TPSA) is 121 Å². The normalized spacial score (nSPS) is 41.6. The van der Waals surface area contributed by atoms with Gasteiger partial charge >= 0.3 is 0 Å². The van der Waals surface area contributed by atoms with Gasteiger partial charge in [-0.3, -0.25) is 19.2 Å². The lowest BCUT2D eigenvalue weighted by molar-refractivity contribution is -0.218. The van der Waals surface area contributed by atoms with Crippen LogP contribution in [0.15, 0.2) is 23.8 Å². The van der Waals surface area contributed by atoms with E-state index in [0.29, 0.717) is 37.0 Å². The molecule has 0 aromatic heterocycles. The molecule has 0 aromatic rings. The Kier molecular flexibility index (Phi) is 8.38. The summed E-state index contributed by atoms with van der Waals surface area (Å²) < 4.78 is 17.3. The third-order valence-electron chi connectivity index (χ3n) is 10.3. The van der Waals surface area contributed by atoms with E-state index in [1.165, 1.54) is 19.1 Å². The minimum Gasteiger partial charge on any atom is -0.390 e. The lowest BCUT2D eigenvalue weighted by Gasteiger charge is -2.62. The second-order valence-electron chi connectivity index (χ2n) is 12.2. The minimum absolute atomic E-state index is 0.108. The first-order chi connectivity index (χ1) is 18.2. The van der Waals surface area contributed by atoms with Gasteiger partial charge in [0.05, 0.1) is 17.9 Å². The van der Waals surface area contributed by atoms with Gasteiger partial charge < -0.3 is 15.5 Å². The maximum atomic E-state index is 17.3.